The summed E-state index contributed by atoms with van der Waals surface area (Å²) in [4.78, 5) is 51.6. The quantitative estimate of drug-likeness (QED) is 0.126. The molecule has 4 aromatic rings. The lowest BCUT2D eigenvalue weighted by Gasteiger charge is -2.36. The Morgan fingerprint density at radius 2 is 1.62 bits per heavy atom. The van der Waals surface area contributed by atoms with Gasteiger partial charge in [-0.2, -0.15) is 0 Å². The Morgan fingerprint density at radius 1 is 0.937 bits per heavy atom. The summed E-state index contributed by atoms with van der Waals surface area (Å²) < 4.78 is 24.5. The van der Waals surface area contributed by atoms with E-state index in [4.69, 9.17) is 23.6 Å². The first-order valence-corrected chi connectivity index (χ1v) is 21.3. The van der Waals surface area contributed by atoms with Gasteiger partial charge in [-0.25, -0.2) is 4.98 Å². The second kappa shape index (κ2) is 17.2. The number of amides is 1. The van der Waals surface area contributed by atoms with Gasteiger partial charge in [0.05, 0.1) is 41.3 Å². The van der Waals surface area contributed by atoms with Gasteiger partial charge in [0.25, 0.3) is 5.91 Å². The number of phenolic OH excluding ortho intramolecular Hbond substituents is 1. The normalized spacial score (nSPS) is 31.7. The van der Waals surface area contributed by atoms with Crippen molar-refractivity contribution >= 4 is 56.0 Å². The molecule has 63 heavy (non-hydrogen) atoms. The first kappa shape index (κ1) is 45.5. The summed E-state index contributed by atoms with van der Waals surface area (Å²) in [5, 5.41) is 60.1. The molecule has 338 valence electrons. The lowest BCUT2D eigenvalue weighted by atomic mass is 9.78. The maximum Gasteiger partial charge on any atom is 0.307 e. The number of likely N-dealkylation sites (N-methyl/N-ethyl adjacent to an activating group) is 1. The number of rotatable bonds is 3. The maximum absolute atomic E-state index is 14.8. The summed E-state index contributed by atoms with van der Waals surface area (Å²) in [5.74, 6) is -6.19. The van der Waals surface area contributed by atoms with Gasteiger partial charge in [-0.05, 0) is 40.4 Å². The number of benzene rings is 3. The number of aliphatic hydroxyl groups is 4. The van der Waals surface area contributed by atoms with Crippen molar-refractivity contribution in [3.8, 4) is 11.5 Å². The number of aromatic hydroxyl groups is 1. The molecule has 0 spiro atoms. The second-order valence-corrected chi connectivity index (χ2v) is 17.8. The fraction of sp³-hybridized carbons (Fsp3) is 0.489. The number of phenols is 1. The van der Waals surface area contributed by atoms with Gasteiger partial charge in [-0.3, -0.25) is 14.4 Å². The smallest absolute Gasteiger partial charge is 0.307 e. The summed E-state index contributed by atoms with van der Waals surface area (Å²) in [6, 6.07) is 3.40. The van der Waals surface area contributed by atoms with Crippen LogP contribution in [0.25, 0.3) is 38.7 Å². The molecule has 7 rings (SSSR count). The Hall–Kier alpha value is -5.52. The lowest BCUT2D eigenvalue weighted by Crippen LogP contribution is -2.44. The molecule has 4 heterocycles. The van der Waals surface area contributed by atoms with Crippen LogP contribution >= 0.6 is 0 Å². The Morgan fingerprint density at radius 3 is 2.29 bits per heavy atom. The van der Waals surface area contributed by atoms with Crippen LogP contribution in [0.4, 0.5) is 11.4 Å². The Labute approximate surface area is 364 Å². The molecule has 3 aliphatic heterocycles. The molecule has 0 unspecified atom stereocenters. The average molecular weight is 871 g/mol. The van der Waals surface area contributed by atoms with Gasteiger partial charge >= 0.3 is 5.79 Å². The standard InChI is InChI=1S/C47H58N4O12/c1-21-12-11-13-22(2)46(59)49-37-42(57)33-32(36-44(37)62-31-19-28(18-29(52)35(31)48-36)51-16-14-27(20-51)50(8)9)34-43(26(6)41(33)56)63-47(7,45(34)58)61-17-15-30(60-10)23(3)39(54)25(5)40(55)24(4)38(21)53/h11-13,15,17-19,21,23-25,27,30,38-40,53-56,58H,14,16,20H2,1-10H3,(H,49,59)/b12-11+,17-15+,22-13-/t21-,23+,24+,25-,27-,30-,38-,39+,40+,47-/m0/s1. The molecule has 1 amide bonds. The summed E-state index contributed by atoms with van der Waals surface area (Å²) in [5.41, 5.74) is -1.29. The number of allylic oxidation sites excluding steroid dienone is 2. The molecule has 0 saturated carbocycles. The number of carbonyl (C=O) groups is 1. The number of hydrogen-bond donors (Lipinski definition) is 6. The van der Waals surface area contributed by atoms with E-state index in [1.165, 1.54) is 52.4 Å². The SMILES string of the molecule is CO[C@H]1/C=C/O[C@@]2(C)Oc3c(C)c(O)c4c(=O)c(c5oc6cc(N7CC[C@H](N(C)C)C7)cc(=O)c6nc5c4c3=C2O)NC(=O)/C(C)=C\C=C\[C@H](C)[C@H](O)[C@@H](C)[C@@H](O)[C@@H](C)[C@H](O)[C@@H]1C. The molecule has 0 aliphatic carbocycles. The fourth-order valence-electron chi connectivity index (χ4n) is 9.07. The Bertz CT molecular complexity index is 2750. The highest BCUT2D eigenvalue weighted by molar-refractivity contribution is 6.16. The third kappa shape index (κ3) is 7.92. The summed E-state index contributed by atoms with van der Waals surface area (Å²) in [6.07, 6.45) is 4.36. The van der Waals surface area contributed by atoms with Gasteiger partial charge < -0.3 is 59.3 Å². The van der Waals surface area contributed by atoms with Crippen molar-refractivity contribution in [2.75, 3.05) is 44.5 Å². The van der Waals surface area contributed by atoms with E-state index in [1.807, 2.05) is 14.1 Å². The number of hydrogen-bond acceptors (Lipinski definition) is 15. The predicted molar refractivity (Wildman–Crippen MR) is 240 cm³/mol. The van der Waals surface area contributed by atoms with Crippen molar-refractivity contribution in [1.29, 1.82) is 0 Å². The van der Waals surface area contributed by atoms with E-state index in [2.05, 4.69) is 15.1 Å². The number of methoxy groups -OCH3 is 1. The number of nitrogens with zero attached hydrogens (tertiary/aromatic N) is 3. The Kier molecular flexibility index (Phi) is 12.4. The molecule has 0 radical (unpaired) electrons. The van der Waals surface area contributed by atoms with Crippen LogP contribution in [0.3, 0.4) is 0 Å². The minimum absolute atomic E-state index is 0.0357. The zero-order valence-electron chi connectivity index (χ0n) is 37.3. The minimum Gasteiger partial charge on any atom is -0.507 e. The number of nitrogens with one attached hydrogen (secondary N) is 1. The van der Waals surface area contributed by atoms with E-state index in [0.717, 1.165) is 6.42 Å². The van der Waals surface area contributed by atoms with Gasteiger partial charge in [0.1, 0.15) is 22.7 Å². The highest BCUT2D eigenvalue weighted by atomic mass is 16.7. The summed E-state index contributed by atoms with van der Waals surface area (Å²) in [6.45, 7) is 12.7. The van der Waals surface area contributed by atoms with E-state index in [0.29, 0.717) is 18.8 Å². The number of fused-ring (bicyclic) bond motifs is 2. The molecule has 10 atom stereocenters. The number of aliphatic hydroxyl groups excluding tert-OH is 4. The molecule has 6 N–H and O–H groups in total. The van der Waals surface area contributed by atoms with Crippen LogP contribution < -0.4 is 31.0 Å². The maximum atomic E-state index is 14.8. The van der Waals surface area contributed by atoms with Crippen molar-refractivity contribution in [1.82, 2.24) is 9.88 Å². The van der Waals surface area contributed by atoms with Crippen LogP contribution in [0, 0.1) is 30.6 Å². The lowest BCUT2D eigenvalue weighted by molar-refractivity contribution is -0.112. The van der Waals surface area contributed by atoms with Crippen LogP contribution in [-0.4, -0.2) is 112 Å². The highest BCUT2D eigenvalue weighted by Gasteiger charge is 2.44. The van der Waals surface area contributed by atoms with Crippen molar-refractivity contribution < 1.29 is 49.0 Å². The molecule has 1 aromatic heterocycles. The number of ether oxygens (including phenoxy) is 3. The average Bonchev–Trinajstić information content (AvgIpc) is 3.86. The van der Waals surface area contributed by atoms with Crippen molar-refractivity contribution in [2.24, 2.45) is 23.7 Å². The van der Waals surface area contributed by atoms with Crippen molar-refractivity contribution in [3.05, 3.63) is 79.5 Å². The molecular weight excluding hydrogens is 813 g/mol. The van der Waals surface area contributed by atoms with Crippen LogP contribution in [0.2, 0.25) is 0 Å². The number of aromatic nitrogens is 1. The zero-order chi connectivity index (χ0) is 46.0. The van der Waals surface area contributed by atoms with Gasteiger partial charge in [0.2, 0.25) is 10.9 Å². The first-order valence-electron chi connectivity index (χ1n) is 21.3. The van der Waals surface area contributed by atoms with Crippen LogP contribution in [0.15, 0.2) is 62.3 Å². The van der Waals surface area contributed by atoms with E-state index in [1.54, 1.807) is 45.9 Å². The van der Waals surface area contributed by atoms with E-state index in [9.17, 15) is 39.9 Å². The predicted octanol–water partition coefficient (Wildman–Crippen LogP) is 4.13. The van der Waals surface area contributed by atoms with Gasteiger partial charge in [-0.15, -0.1) is 0 Å². The fourth-order valence-corrected chi connectivity index (χ4v) is 9.07. The Balaban J connectivity index is 1.48. The molecular formula is C47H58N4O12. The summed E-state index contributed by atoms with van der Waals surface area (Å²) >= 11 is 0. The summed E-state index contributed by atoms with van der Waals surface area (Å²) in [7, 11) is 5.44. The molecule has 1 fully saturated rings. The topological polar surface area (TPSA) is 225 Å². The second-order valence-electron chi connectivity index (χ2n) is 17.8. The van der Waals surface area contributed by atoms with Crippen LogP contribution in [0.5, 0.6) is 11.5 Å². The van der Waals surface area contributed by atoms with Gasteiger partial charge in [-0.1, -0.05) is 45.9 Å². The molecule has 3 aliphatic rings. The van der Waals surface area contributed by atoms with Crippen LogP contribution in [-0.2, 0) is 14.3 Å². The third-order valence-corrected chi connectivity index (χ3v) is 13.4. The third-order valence-electron chi connectivity index (χ3n) is 13.4. The molecule has 16 nitrogen and oxygen atoms in total. The first-order chi connectivity index (χ1) is 29.7. The van der Waals surface area contributed by atoms with Gasteiger partial charge in [0.15, 0.2) is 22.4 Å². The highest BCUT2D eigenvalue weighted by Crippen LogP contribution is 2.42. The zero-order valence-corrected chi connectivity index (χ0v) is 37.3. The largest absolute Gasteiger partial charge is 0.507 e. The van der Waals surface area contributed by atoms with Gasteiger partial charge in [0, 0.05) is 91.2 Å². The molecule has 1 saturated heterocycles. The number of carbonyl (C=O) groups excluding carboxylic acids is 1. The van der Waals surface area contributed by atoms with E-state index >= 15 is 0 Å². The van der Waals surface area contributed by atoms with E-state index in [-0.39, 0.29) is 66.8 Å². The molecule has 16 heteroatoms. The van der Waals surface area contributed by atoms with Crippen molar-refractivity contribution in [2.45, 2.75) is 91.1 Å². The van der Waals surface area contributed by atoms with E-state index < -0.39 is 82.1 Å². The monoisotopic (exact) mass is 870 g/mol. The van der Waals surface area contributed by atoms with Crippen LogP contribution in [0.1, 0.15) is 53.5 Å². The molecule has 3 aromatic carbocycles. The number of anilines is 2. The minimum atomic E-state index is -1.95. The van der Waals surface area contributed by atoms with Crippen molar-refractivity contribution in [3.63, 3.8) is 0 Å². The molecule has 4 bridgehead atoms.